The Morgan fingerprint density at radius 1 is 1.48 bits per heavy atom. The van der Waals surface area contributed by atoms with Crippen molar-refractivity contribution in [2.24, 2.45) is 10.9 Å². The van der Waals surface area contributed by atoms with Crippen LogP contribution < -0.4 is 10.5 Å². The highest BCUT2D eigenvalue weighted by molar-refractivity contribution is 5.79. The van der Waals surface area contributed by atoms with Crippen LogP contribution in [0.2, 0.25) is 0 Å². The summed E-state index contributed by atoms with van der Waals surface area (Å²) in [6.07, 6.45) is -4.20. The fourth-order valence-electron chi connectivity index (χ4n) is 1.44. The van der Waals surface area contributed by atoms with Gasteiger partial charge in [0.2, 0.25) is 0 Å². The molecule has 0 aromatic heterocycles. The van der Waals surface area contributed by atoms with Gasteiger partial charge >= 0.3 is 11.9 Å². The SMILES string of the molecule is N/C(CCCOc1ccc(C(F)(F)F)cc1[N+](=O)[O-])=N/O. The fraction of sp³-hybridized carbons (Fsp3) is 0.364. The van der Waals surface area contributed by atoms with E-state index in [1.54, 1.807) is 0 Å². The Labute approximate surface area is 117 Å². The van der Waals surface area contributed by atoms with Gasteiger partial charge in [0.25, 0.3) is 0 Å². The van der Waals surface area contributed by atoms with Crippen LogP contribution in [0.1, 0.15) is 18.4 Å². The number of nitro groups is 1. The van der Waals surface area contributed by atoms with Crippen LogP contribution in [0.4, 0.5) is 18.9 Å². The number of rotatable bonds is 6. The maximum Gasteiger partial charge on any atom is 0.416 e. The van der Waals surface area contributed by atoms with Crippen molar-refractivity contribution in [1.82, 2.24) is 0 Å². The molecule has 7 nitrogen and oxygen atoms in total. The third-order valence-electron chi connectivity index (χ3n) is 2.45. The number of nitro benzene ring substituents is 1. The normalized spacial score (nSPS) is 12.2. The molecular weight excluding hydrogens is 295 g/mol. The van der Waals surface area contributed by atoms with Crippen molar-refractivity contribution >= 4 is 11.5 Å². The summed E-state index contributed by atoms with van der Waals surface area (Å²) < 4.78 is 42.5. The summed E-state index contributed by atoms with van der Waals surface area (Å²) >= 11 is 0. The van der Waals surface area contributed by atoms with Gasteiger partial charge in [0, 0.05) is 12.5 Å². The summed E-state index contributed by atoms with van der Waals surface area (Å²) in [6.45, 7) is -0.0254. The zero-order valence-electron chi connectivity index (χ0n) is 10.6. The summed E-state index contributed by atoms with van der Waals surface area (Å²) in [4.78, 5) is 9.82. The fourth-order valence-corrected chi connectivity index (χ4v) is 1.44. The van der Waals surface area contributed by atoms with Crippen molar-refractivity contribution in [2.45, 2.75) is 19.0 Å². The van der Waals surface area contributed by atoms with Gasteiger partial charge in [-0.1, -0.05) is 5.16 Å². The second-order valence-corrected chi connectivity index (χ2v) is 3.98. The molecule has 116 valence electrons. The van der Waals surface area contributed by atoms with Crippen molar-refractivity contribution in [3.8, 4) is 5.75 Å². The van der Waals surface area contributed by atoms with Crippen LogP contribution in [0, 0.1) is 10.1 Å². The van der Waals surface area contributed by atoms with E-state index in [0.717, 1.165) is 6.07 Å². The van der Waals surface area contributed by atoms with Gasteiger partial charge in [-0.15, -0.1) is 0 Å². The van der Waals surface area contributed by atoms with Crippen molar-refractivity contribution in [2.75, 3.05) is 6.61 Å². The van der Waals surface area contributed by atoms with Gasteiger partial charge in [0.1, 0.15) is 5.84 Å². The molecule has 0 unspecified atom stereocenters. The topological polar surface area (TPSA) is 111 Å². The third-order valence-corrected chi connectivity index (χ3v) is 2.45. The van der Waals surface area contributed by atoms with E-state index in [4.69, 9.17) is 15.7 Å². The largest absolute Gasteiger partial charge is 0.487 e. The summed E-state index contributed by atoms with van der Waals surface area (Å²) in [5.74, 6) is -0.312. The monoisotopic (exact) mass is 307 g/mol. The minimum absolute atomic E-state index is 0.0254. The smallest absolute Gasteiger partial charge is 0.416 e. The van der Waals surface area contributed by atoms with Crippen molar-refractivity contribution in [1.29, 1.82) is 0 Å². The molecule has 0 spiro atoms. The molecule has 0 aliphatic carbocycles. The Kier molecular flexibility index (Phi) is 5.33. The van der Waals surface area contributed by atoms with Gasteiger partial charge in [0.15, 0.2) is 5.75 Å². The lowest BCUT2D eigenvalue weighted by Gasteiger charge is -2.10. The molecule has 0 saturated heterocycles. The van der Waals surface area contributed by atoms with Crippen LogP contribution in [0.5, 0.6) is 5.75 Å². The van der Waals surface area contributed by atoms with Crippen molar-refractivity contribution in [3.05, 3.63) is 33.9 Å². The summed E-state index contributed by atoms with van der Waals surface area (Å²) in [5, 5.41) is 21.8. The number of alkyl halides is 3. The maximum atomic E-state index is 12.5. The number of hydrogen-bond acceptors (Lipinski definition) is 5. The Morgan fingerprint density at radius 2 is 2.14 bits per heavy atom. The molecule has 3 N–H and O–H groups in total. The highest BCUT2D eigenvalue weighted by atomic mass is 19.4. The summed E-state index contributed by atoms with van der Waals surface area (Å²) in [6, 6.07) is 2.01. The van der Waals surface area contributed by atoms with Crippen LogP contribution in [-0.4, -0.2) is 22.6 Å². The predicted octanol–water partition coefficient (Wildman–Crippen LogP) is 2.52. The molecule has 21 heavy (non-hydrogen) atoms. The van der Waals surface area contributed by atoms with Gasteiger partial charge in [-0.3, -0.25) is 10.1 Å². The van der Waals surface area contributed by atoms with E-state index < -0.39 is 22.4 Å². The first-order chi connectivity index (χ1) is 9.75. The maximum absolute atomic E-state index is 12.5. The summed E-state index contributed by atoms with van der Waals surface area (Å²) in [7, 11) is 0. The van der Waals surface area contributed by atoms with E-state index in [1.807, 2.05) is 0 Å². The standard InChI is InChI=1S/C11H12F3N3O4/c12-11(13,14)7-3-4-9(8(6-7)17(19)20)21-5-1-2-10(15)16-18/h3-4,6,18H,1-2,5H2,(H2,15,16). The number of ether oxygens (including phenoxy) is 1. The quantitative estimate of drug-likeness (QED) is 0.209. The van der Waals surface area contributed by atoms with E-state index in [2.05, 4.69) is 5.16 Å². The highest BCUT2D eigenvalue weighted by Gasteiger charge is 2.33. The van der Waals surface area contributed by atoms with Crippen LogP contribution in [-0.2, 0) is 6.18 Å². The number of amidine groups is 1. The molecule has 0 saturated carbocycles. The van der Waals surface area contributed by atoms with Gasteiger partial charge in [-0.2, -0.15) is 13.2 Å². The zero-order chi connectivity index (χ0) is 16.0. The van der Waals surface area contributed by atoms with Crippen LogP contribution in [0.25, 0.3) is 0 Å². The number of nitrogens with zero attached hydrogens (tertiary/aromatic N) is 2. The molecule has 1 aromatic rings. The third kappa shape index (κ3) is 4.82. The minimum Gasteiger partial charge on any atom is -0.487 e. The molecule has 0 radical (unpaired) electrons. The van der Waals surface area contributed by atoms with E-state index in [0.29, 0.717) is 12.1 Å². The summed E-state index contributed by atoms with van der Waals surface area (Å²) in [5.41, 5.74) is 3.31. The number of oxime groups is 1. The molecular formula is C11H12F3N3O4. The van der Waals surface area contributed by atoms with E-state index in [1.165, 1.54) is 0 Å². The Hall–Kier alpha value is -2.52. The second kappa shape index (κ2) is 6.77. The number of hydrogen-bond donors (Lipinski definition) is 2. The van der Waals surface area contributed by atoms with Crippen LogP contribution >= 0.6 is 0 Å². The lowest BCUT2D eigenvalue weighted by atomic mass is 10.2. The molecule has 0 atom stereocenters. The molecule has 1 rings (SSSR count). The molecule has 0 aliphatic heterocycles. The molecule has 0 bridgehead atoms. The molecule has 0 aliphatic rings. The second-order valence-electron chi connectivity index (χ2n) is 3.98. The minimum atomic E-state index is -4.67. The Morgan fingerprint density at radius 3 is 2.67 bits per heavy atom. The first kappa shape index (κ1) is 16.5. The van der Waals surface area contributed by atoms with Gasteiger partial charge in [-0.05, 0) is 18.6 Å². The van der Waals surface area contributed by atoms with E-state index >= 15 is 0 Å². The number of nitrogens with two attached hydrogens (primary N) is 1. The van der Waals surface area contributed by atoms with Crippen molar-refractivity contribution in [3.63, 3.8) is 0 Å². The predicted molar refractivity (Wildman–Crippen MR) is 66.2 cm³/mol. The zero-order valence-corrected chi connectivity index (χ0v) is 10.6. The van der Waals surface area contributed by atoms with Crippen molar-refractivity contribution < 1.29 is 28.0 Å². The van der Waals surface area contributed by atoms with Crippen LogP contribution in [0.15, 0.2) is 23.4 Å². The Balaban J connectivity index is 2.80. The molecule has 0 amide bonds. The molecule has 10 heteroatoms. The van der Waals surface area contributed by atoms with Gasteiger partial charge < -0.3 is 15.7 Å². The molecule has 1 aromatic carbocycles. The molecule has 0 fully saturated rings. The first-order valence-electron chi connectivity index (χ1n) is 5.70. The number of benzene rings is 1. The van der Waals surface area contributed by atoms with E-state index in [9.17, 15) is 23.3 Å². The molecule has 0 heterocycles. The average molecular weight is 307 g/mol. The average Bonchev–Trinajstić information content (AvgIpc) is 2.41. The van der Waals surface area contributed by atoms with Gasteiger partial charge in [0.05, 0.1) is 17.1 Å². The lowest BCUT2D eigenvalue weighted by Crippen LogP contribution is -2.13. The number of halogens is 3. The highest BCUT2D eigenvalue weighted by Crippen LogP contribution is 2.36. The first-order valence-corrected chi connectivity index (χ1v) is 5.70. The van der Waals surface area contributed by atoms with E-state index in [-0.39, 0.29) is 31.0 Å². The van der Waals surface area contributed by atoms with Gasteiger partial charge in [-0.25, -0.2) is 0 Å². The Bertz CT molecular complexity index is 546. The van der Waals surface area contributed by atoms with Crippen LogP contribution in [0.3, 0.4) is 0 Å². The lowest BCUT2D eigenvalue weighted by molar-refractivity contribution is -0.386.